The Morgan fingerprint density at radius 2 is 2.04 bits per heavy atom. The first kappa shape index (κ1) is 20.2. The van der Waals surface area contributed by atoms with Crippen LogP contribution in [0.15, 0.2) is 36.7 Å². The molecular formula is C20H25AsN6O. The second-order valence-corrected chi connectivity index (χ2v) is 9.63. The summed E-state index contributed by atoms with van der Waals surface area (Å²) in [6.07, 6.45) is 2.93. The number of nitrogens with zero attached hydrogens (tertiary/aromatic N) is 4. The number of nitrogens with one attached hydrogen (secondary N) is 1. The van der Waals surface area contributed by atoms with Gasteiger partial charge in [-0.15, -0.1) is 0 Å². The Morgan fingerprint density at radius 3 is 2.79 bits per heavy atom. The number of para-hydroxylation sites is 1. The predicted molar refractivity (Wildman–Crippen MR) is 114 cm³/mol. The van der Waals surface area contributed by atoms with Gasteiger partial charge in [0.15, 0.2) is 0 Å². The van der Waals surface area contributed by atoms with Crippen molar-refractivity contribution in [3.63, 3.8) is 0 Å². The van der Waals surface area contributed by atoms with Crippen molar-refractivity contribution in [1.82, 2.24) is 25.2 Å². The molecule has 2 heterocycles. The van der Waals surface area contributed by atoms with Gasteiger partial charge in [0.1, 0.15) is 0 Å². The molecule has 28 heavy (non-hydrogen) atoms. The number of pyridine rings is 1. The number of hydrogen-bond donors (Lipinski definition) is 2. The molecule has 7 nitrogen and oxygen atoms in total. The average molecular weight is 440 g/mol. The molecule has 0 bridgehead atoms. The van der Waals surface area contributed by atoms with Gasteiger partial charge < -0.3 is 0 Å². The molecule has 2 aromatic heterocycles. The normalized spacial score (nSPS) is 11.6. The standard InChI is InChI=1S/C20H25AsN6O/c1-13-5-4-6-14-11-15(18(26-16(13)14)21-7-10-27(2)3)12-25-20(28)17-19(22)24-9-8-23-17/h4-6,8-9,11,21H,7,10,12H2,1-3H3,(H2,22,24)(H,25,28). The van der Waals surface area contributed by atoms with Crippen molar-refractivity contribution in [3.05, 3.63) is 53.5 Å². The van der Waals surface area contributed by atoms with Crippen molar-refractivity contribution in [2.24, 2.45) is 0 Å². The Kier molecular flexibility index (Phi) is 6.60. The summed E-state index contributed by atoms with van der Waals surface area (Å²) in [4.78, 5) is 27.6. The Morgan fingerprint density at radius 1 is 1.25 bits per heavy atom. The van der Waals surface area contributed by atoms with E-state index in [1.807, 2.05) is 6.07 Å². The fraction of sp³-hybridized carbons (Fsp3) is 0.300. The summed E-state index contributed by atoms with van der Waals surface area (Å²) in [7, 11) is 4.16. The van der Waals surface area contributed by atoms with Crippen LogP contribution >= 0.6 is 0 Å². The van der Waals surface area contributed by atoms with Crippen molar-refractivity contribution >= 4 is 42.9 Å². The van der Waals surface area contributed by atoms with E-state index in [-0.39, 0.29) is 17.4 Å². The van der Waals surface area contributed by atoms with E-state index in [2.05, 4.69) is 59.4 Å². The van der Waals surface area contributed by atoms with Crippen molar-refractivity contribution in [2.75, 3.05) is 26.4 Å². The van der Waals surface area contributed by atoms with Gasteiger partial charge in [-0.05, 0) is 0 Å². The minimum absolute atomic E-state index is 0.131. The number of benzene rings is 1. The van der Waals surface area contributed by atoms with Crippen LogP contribution in [0.1, 0.15) is 21.6 Å². The van der Waals surface area contributed by atoms with Gasteiger partial charge >= 0.3 is 171 Å². The molecule has 1 atom stereocenters. The molecule has 0 saturated carbocycles. The fourth-order valence-corrected chi connectivity index (χ4v) is 5.74. The quantitative estimate of drug-likeness (QED) is 0.530. The SMILES string of the molecule is Cc1cccc2cc(CNC(=O)c3nccnc3N)c([AsH]CCN(C)C)nc12. The number of amides is 1. The van der Waals surface area contributed by atoms with E-state index < -0.39 is 15.8 Å². The van der Waals surface area contributed by atoms with Crippen LogP contribution in [0.2, 0.25) is 5.21 Å². The van der Waals surface area contributed by atoms with Gasteiger partial charge in [-0.2, -0.15) is 0 Å². The molecule has 3 rings (SSSR count). The van der Waals surface area contributed by atoms with Gasteiger partial charge in [0.2, 0.25) is 0 Å². The van der Waals surface area contributed by atoms with Crippen LogP contribution in [0, 0.1) is 6.92 Å². The molecule has 0 aliphatic heterocycles. The monoisotopic (exact) mass is 440 g/mol. The number of anilines is 1. The third-order valence-electron chi connectivity index (χ3n) is 4.36. The number of fused-ring (bicyclic) bond motifs is 1. The first-order chi connectivity index (χ1) is 13.5. The van der Waals surface area contributed by atoms with E-state index in [9.17, 15) is 4.79 Å². The van der Waals surface area contributed by atoms with Crippen LogP contribution in [-0.4, -0.2) is 62.2 Å². The zero-order valence-corrected chi connectivity index (χ0v) is 18.5. The van der Waals surface area contributed by atoms with E-state index in [0.29, 0.717) is 6.54 Å². The maximum atomic E-state index is 12.5. The molecule has 0 aliphatic carbocycles. The van der Waals surface area contributed by atoms with Crippen molar-refractivity contribution in [3.8, 4) is 0 Å². The number of hydrogen-bond acceptors (Lipinski definition) is 6. The van der Waals surface area contributed by atoms with Gasteiger partial charge in [-0.1, -0.05) is 0 Å². The molecule has 0 saturated heterocycles. The number of carbonyl (C=O) groups excluding carboxylic acids is 1. The van der Waals surface area contributed by atoms with Crippen molar-refractivity contribution < 1.29 is 4.79 Å². The minimum atomic E-state index is -0.419. The summed E-state index contributed by atoms with van der Waals surface area (Å²) in [6.45, 7) is 3.51. The Labute approximate surface area is 171 Å². The van der Waals surface area contributed by atoms with Gasteiger partial charge in [0.25, 0.3) is 0 Å². The maximum absolute atomic E-state index is 12.5. The molecule has 0 fully saturated rings. The zero-order valence-electron chi connectivity index (χ0n) is 16.4. The zero-order chi connectivity index (χ0) is 20.1. The molecule has 1 amide bonds. The van der Waals surface area contributed by atoms with E-state index in [4.69, 9.17) is 10.7 Å². The molecule has 8 heteroatoms. The molecular weight excluding hydrogens is 415 g/mol. The van der Waals surface area contributed by atoms with E-state index in [1.54, 1.807) is 0 Å². The summed E-state index contributed by atoms with van der Waals surface area (Å²) in [5.74, 6) is -0.193. The molecule has 1 unspecified atom stereocenters. The molecule has 146 valence electrons. The number of nitrogens with two attached hydrogens (primary N) is 1. The van der Waals surface area contributed by atoms with E-state index in [0.717, 1.165) is 32.7 Å². The Bertz CT molecular complexity index is 992. The summed E-state index contributed by atoms with van der Waals surface area (Å²) >= 11 is -0.419. The first-order valence-corrected chi connectivity index (χ1v) is 11.6. The predicted octanol–water partition coefficient (Wildman–Crippen LogP) is 0.887. The summed E-state index contributed by atoms with van der Waals surface area (Å²) in [5.41, 5.74) is 9.18. The molecule has 0 aliphatic rings. The van der Waals surface area contributed by atoms with Gasteiger partial charge in [0, 0.05) is 0 Å². The summed E-state index contributed by atoms with van der Waals surface area (Å²) in [6, 6.07) is 8.32. The summed E-state index contributed by atoms with van der Waals surface area (Å²) < 4.78 is 1.14. The van der Waals surface area contributed by atoms with E-state index >= 15 is 0 Å². The molecule has 0 spiro atoms. The first-order valence-electron chi connectivity index (χ1n) is 9.08. The Balaban J connectivity index is 1.85. The van der Waals surface area contributed by atoms with Crippen molar-refractivity contribution in [2.45, 2.75) is 18.7 Å². The van der Waals surface area contributed by atoms with E-state index in [1.165, 1.54) is 18.0 Å². The number of aromatic nitrogens is 3. The van der Waals surface area contributed by atoms with Crippen LogP contribution in [0.25, 0.3) is 10.9 Å². The fourth-order valence-electron chi connectivity index (χ4n) is 2.86. The third kappa shape index (κ3) is 4.85. The molecule has 0 radical (unpaired) electrons. The van der Waals surface area contributed by atoms with Crippen LogP contribution in [0.4, 0.5) is 5.82 Å². The van der Waals surface area contributed by atoms with Crippen LogP contribution in [0.3, 0.4) is 0 Å². The topological polar surface area (TPSA) is 97.0 Å². The van der Waals surface area contributed by atoms with Gasteiger partial charge in [0.05, 0.1) is 0 Å². The molecule has 1 aromatic carbocycles. The Hall–Kier alpha value is -2.50. The number of nitrogen functional groups attached to an aromatic ring is 1. The van der Waals surface area contributed by atoms with Gasteiger partial charge in [-0.25, -0.2) is 0 Å². The van der Waals surface area contributed by atoms with Crippen LogP contribution in [-0.2, 0) is 6.54 Å². The van der Waals surface area contributed by atoms with Crippen LogP contribution in [0.5, 0.6) is 0 Å². The number of carbonyl (C=O) groups is 1. The molecule has 3 aromatic rings. The number of aryl methyl sites for hydroxylation is 1. The van der Waals surface area contributed by atoms with Crippen LogP contribution < -0.4 is 15.5 Å². The summed E-state index contributed by atoms with van der Waals surface area (Å²) in [5, 5.41) is 5.13. The molecule has 3 N–H and O–H groups in total. The number of rotatable bonds is 7. The van der Waals surface area contributed by atoms with Gasteiger partial charge in [-0.3, -0.25) is 0 Å². The average Bonchev–Trinajstić information content (AvgIpc) is 2.66. The second-order valence-electron chi connectivity index (χ2n) is 6.85. The van der Waals surface area contributed by atoms with Crippen molar-refractivity contribution in [1.29, 1.82) is 0 Å². The second kappa shape index (κ2) is 9.13. The third-order valence-corrected chi connectivity index (χ3v) is 6.96.